The van der Waals surface area contributed by atoms with E-state index in [2.05, 4.69) is 15.0 Å². The number of hydrogen-bond donors (Lipinski definition) is 2. The molecule has 1 aromatic heterocycles. The molecule has 0 saturated heterocycles. The van der Waals surface area contributed by atoms with Gasteiger partial charge in [-0.1, -0.05) is 0 Å². The predicted octanol–water partition coefficient (Wildman–Crippen LogP) is 1.98. The number of nitrogens with zero attached hydrogens (tertiary/aromatic N) is 2. The van der Waals surface area contributed by atoms with E-state index in [1.807, 2.05) is 19.2 Å². The number of fused-ring (bicyclic) bond motifs is 1. The Hall–Kier alpha value is -2.69. The van der Waals surface area contributed by atoms with Gasteiger partial charge in [0.2, 0.25) is 5.91 Å². The lowest BCUT2D eigenvalue weighted by Gasteiger charge is -2.09. The lowest BCUT2D eigenvalue weighted by molar-refractivity contribution is 0.0999. The summed E-state index contributed by atoms with van der Waals surface area (Å²) in [5.74, 6) is -0.443. The largest absolute Gasteiger partial charge is 0.366 e. The molecule has 0 unspecified atom stereocenters. The van der Waals surface area contributed by atoms with Crippen LogP contribution in [0.15, 0.2) is 36.9 Å². The molecule has 3 rings (SSSR count). The second-order valence-corrected chi connectivity index (χ2v) is 4.36. The molecule has 0 aliphatic carbocycles. The fraction of sp³-hybridized carbons (Fsp3) is 0.0714. The van der Waals surface area contributed by atoms with Crippen molar-refractivity contribution in [3.05, 3.63) is 48.0 Å². The van der Waals surface area contributed by atoms with Crippen molar-refractivity contribution in [2.45, 2.75) is 6.92 Å². The van der Waals surface area contributed by atoms with Crippen LogP contribution in [-0.4, -0.2) is 20.9 Å². The summed E-state index contributed by atoms with van der Waals surface area (Å²) in [6, 6.07) is 3.62. The quantitative estimate of drug-likeness (QED) is 0.731. The summed E-state index contributed by atoms with van der Waals surface area (Å²) < 4.78 is 0. The number of rotatable bonds is 2. The first kappa shape index (κ1) is 11.4. The van der Waals surface area contributed by atoms with Crippen molar-refractivity contribution in [2.75, 3.05) is 0 Å². The van der Waals surface area contributed by atoms with E-state index in [1.165, 1.54) is 0 Å². The van der Waals surface area contributed by atoms with Crippen LogP contribution in [0.25, 0.3) is 22.5 Å². The average Bonchev–Trinajstić information content (AvgIpc) is 2.85. The Balaban J connectivity index is 2.19. The highest BCUT2D eigenvalue weighted by Gasteiger charge is 2.13. The second-order valence-electron chi connectivity index (χ2n) is 4.36. The maximum atomic E-state index is 11.4. The van der Waals surface area contributed by atoms with Crippen molar-refractivity contribution in [3.8, 4) is 22.5 Å². The molecule has 3 heterocycles. The summed E-state index contributed by atoms with van der Waals surface area (Å²) in [7, 11) is 0. The third kappa shape index (κ3) is 1.85. The smallest absolute Gasteiger partial charge is 0.249 e. The number of aromatic nitrogens is 3. The Kier molecular flexibility index (Phi) is 2.52. The van der Waals surface area contributed by atoms with Gasteiger partial charge in [0, 0.05) is 35.3 Å². The van der Waals surface area contributed by atoms with Crippen LogP contribution < -0.4 is 5.73 Å². The first-order chi connectivity index (χ1) is 9.16. The van der Waals surface area contributed by atoms with Gasteiger partial charge < -0.3 is 10.7 Å². The number of carbonyl (C=O) groups is 1. The standard InChI is InChI=1S/C14H12N4O/c1-8-11(14(15)19)2-3-17-13(8)10-4-9-5-16-7-12(9)18-6-10/h2-7,18H,1H3,(H2,15,19). The van der Waals surface area contributed by atoms with Crippen molar-refractivity contribution in [2.24, 2.45) is 5.73 Å². The molecule has 0 aromatic carbocycles. The van der Waals surface area contributed by atoms with Crippen LogP contribution >= 0.6 is 0 Å². The molecule has 0 radical (unpaired) electrons. The van der Waals surface area contributed by atoms with E-state index in [-0.39, 0.29) is 0 Å². The van der Waals surface area contributed by atoms with Crippen LogP contribution in [0.3, 0.4) is 0 Å². The first-order valence-corrected chi connectivity index (χ1v) is 5.85. The normalized spacial score (nSPS) is 10.8. The monoisotopic (exact) mass is 252 g/mol. The Morgan fingerprint density at radius 2 is 2.16 bits per heavy atom. The zero-order chi connectivity index (χ0) is 13.4. The summed E-state index contributed by atoms with van der Waals surface area (Å²) in [6.45, 7) is 1.84. The number of primary amides is 1. The number of nitrogens with one attached hydrogen (secondary N) is 1. The number of hydrogen-bond acceptors (Lipinski definition) is 3. The molecule has 2 aliphatic heterocycles. The summed E-state index contributed by atoms with van der Waals surface area (Å²) in [6.07, 6.45) is 6.99. The summed E-state index contributed by atoms with van der Waals surface area (Å²) in [4.78, 5) is 22.9. The van der Waals surface area contributed by atoms with Crippen molar-refractivity contribution in [3.63, 3.8) is 0 Å². The van der Waals surface area contributed by atoms with Crippen molar-refractivity contribution >= 4 is 5.91 Å². The van der Waals surface area contributed by atoms with E-state index >= 15 is 0 Å². The molecule has 3 N–H and O–H groups in total. The van der Waals surface area contributed by atoms with Gasteiger partial charge in [-0.2, -0.15) is 0 Å². The molecule has 0 spiro atoms. The summed E-state index contributed by atoms with van der Waals surface area (Å²) in [5, 5.41) is 0. The van der Waals surface area contributed by atoms with Crippen LogP contribution in [0.5, 0.6) is 0 Å². The highest BCUT2D eigenvalue weighted by molar-refractivity contribution is 5.95. The summed E-state index contributed by atoms with van der Waals surface area (Å²) >= 11 is 0. The van der Waals surface area contributed by atoms with Crippen molar-refractivity contribution < 1.29 is 4.79 Å². The van der Waals surface area contributed by atoms with Crippen molar-refractivity contribution in [1.82, 2.24) is 15.0 Å². The van der Waals surface area contributed by atoms with Crippen LogP contribution in [0.4, 0.5) is 0 Å². The van der Waals surface area contributed by atoms with Gasteiger partial charge in [0.1, 0.15) is 0 Å². The molecular formula is C14H12N4O. The minimum absolute atomic E-state index is 0.443. The van der Waals surface area contributed by atoms with Gasteiger partial charge in [-0.15, -0.1) is 0 Å². The van der Waals surface area contributed by atoms with Crippen LogP contribution in [-0.2, 0) is 0 Å². The molecule has 19 heavy (non-hydrogen) atoms. The third-order valence-electron chi connectivity index (χ3n) is 3.17. The highest BCUT2D eigenvalue weighted by atomic mass is 16.1. The van der Waals surface area contributed by atoms with Gasteiger partial charge in [0.25, 0.3) is 0 Å². The van der Waals surface area contributed by atoms with E-state index in [9.17, 15) is 4.79 Å². The van der Waals surface area contributed by atoms with Gasteiger partial charge in [0.15, 0.2) is 0 Å². The van der Waals surface area contributed by atoms with E-state index < -0.39 is 5.91 Å². The SMILES string of the molecule is Cc1c(C(N)=O)ccnc1-c1c[nH]c2cncc-2c1. The number of pyridine rings is 2. The maximum Gasteiger partial charge on any atom is 0.249 e. The Bertz CT molecular complexity index is 732. The molecule has 0 saturated carbocycles. The molecule has 5 nitrogen and oxygen atoms in total. The zero-order valence-electron chi connectivity index (χ0n) is 10.3. The Morgan fingerprint density at radius 3 is 2.95 bits per heavy atom. The van der Waals surface area contributed by atoms with Gasteiger partial charge in [-0.3, -0.25) is 14.8 Å². The molecule has 0 atom stereocenters. The zero-order valence-corrected chi connectivity index (χ0v) is 10.3. The number of carbonyl (C=O) groups excluding carboxylic acids is 1. The molecule has 1 amide bonds. The molecule has 1 aromatic rings. The fourth-order valence-corrected chi connectivity index (χ4v) is 2.17. The maximum absolute atomic E-state index is 11.4. The minimum atomic E-state index is -0.443. The Labute approximate surface area is 109 Å². The lowest BCUT2D eigenvalue weighted by Crippen LogP contribution is -2.13. The Morgan fingerprint density at radius 1 is 1.32 bits per heavy atom. The van der Waals surface area contributed by atoms with Crippen molar-refractivity contribution in [1.29, 1.82) is 0 Å². The third-order valence-corrected chi connectivity index (χ3v) is 3.17. The van der Waals surface area contributed by atoms with Crippen LogP contribution in [0.2, 0.25) is 0 Å². The van der Waals surface area contributed by atoms with E-state index in [0.29, 0.717) is 5.56 Å². The molecule has 0 bridgehead atoms. The van der Waals surface area contributed by atoms with E-state index in [4.69, 9.17) is 5.73 Å². The molecule has 0 fully saturated rings. The molecule has 94 valence electrons. The number of amides is 1. The molecular weight excluding hydrogens is 240 g/mol. The first-order valence-electron chi connectivity index (χ1n) is 5.85. The number of nitrogens with two attached hydrogens (primary N) is 1. The topological polar surface area (TPSA) is 84.7 Å². The van der Waals surface area contributed by atoms with E-state index in [1.54, 1.807) is 24.7 Å². The van der Waals surface area contributed by atoms with Crippen LogP contribution in [0.1, 0.15) is 15.9 Å². The van der Waals surface area contributed by atoms with Crippen LogP contribution in [0, 0.1) is 6.92 Å². The fourth-order valence-electron chi connectivity index (χ4n) is 2.17. The molecule has 5 heteroatoms. The number of H-pyrrole nitrogens is 1. The minimum Gasteiger partial charge on any atom is -0.366 e. The summed E-state index contributed by atoms with van der Waals surface area (Å²) in [5.41, 5.74) is 10.2. The van der Waals surface area contributed by atoms with E-state index in [0.717, 1.165) is 28.1 Å². The predicted molar refractivity (Wildman–Crippen MR) is 71.7 cm³/mol. The molecule has 2 aliphatic rings. The highest BCUT2D eigenvalue weighted by Crippen LogP contribution is 2.27. The van der Waals surface area contributed by atoms with Gasteiger partial charge >= 0.3 is 0 Å². The van der Waals surface area contributed by atoms with Gasteiger partial charge in [0.05, 0.1) is 17.6 Å². The number of aromatic amines is 1. The van der Waals surface area contributed by atoms with Gasteiger partial charge in [-0.25, -0.2) is 0 Å². The lowest BCUT2D eigenvalue weighted by atomic mass is 10.0. The van der Waals surface area contributed by atoms with Gasteiger partial charge in [-0.05, 0) is 24.6 Å². The average molecular weight is 252 g/mol. The second kappa shape index (κ2) is 4.20.